The van der Waals surface area contributed by atoms with Crippen molar-refractivity contribution in [1.29, 1.82) is 0 Å². The van der Waals surface area contributed by atoms with Crippen LogP contribution in [0.5, 0.6) is 0 Å². The van der Waals surface area contributed by atoms with E-state index >= 15 is 0 Å². The van der Waals surface area contributed by atoms with Crippen molar-refractivity contribution in [1.82, 2.24) is 10.2 Å². The molecule has 2 heterocycles. The molecule has 6 heteroatoms. The minimum atomic E-state index is 0.0704. The molecular formula is C24H30N4O2. The number of carbonyl (C=O) groups excluding carboxylic acids is 1. The van der Waals surface area contributed by atoms with E-state index in [9.17, 15) is 4.79 Å². The lowest BCUT2D eigenvalue weighted by Crippen LogP contribution is -2.48. The predicted octanol–water partition coefficient (Wildman–Crippen LogP) is 3.07. The lowest BCUT2D eigenvalue weighted by atomic mass is 10.1. The number of para-hydroxylation sites is 1. The van der Waals surface area contributed by atoms with Crippen LogP contribution < -0.4 is 10.2 Å². The first-order valence-corrected chi connectivity index (χ1v) is 10.6. The number of nitrogens with one attached hydrogen (secondary N) is 1. The van der Waals surface area contributed by atoms with Gasteiger partial charge >= 0.3 is 0 Å². The average molecular weight is 407 g/mol. The van der Waals surface area contributed by atoms with Crippen molar-refractivity contribution >= 4 is 17.6 Å². The Balaban J connectivity index is 1.37. The van der Waals surface area contributed by atoms with Gasteiger partial charge in [0.15, 0.2) is 5.96 Å². The molecule has 158 valence electrons. The first kappa shape index (κ1) is 20.4. The van der Waals surface area contributed by atoms with Gasteiger partial charge < -0.3 is 19.9 Å². The topological polar surface area (TPSA) is 57.2 Å². The molecule has 2 atom stereocenters. The third-order valence-corrected chi connectivity index (χ3v) is 5.71. The molecule has 1 fully saturated rings. The van der Waals surface area contributed by atoms with Crippen molar-refractivity contribution in [2.24, 2.45) is 4.99 Å². The molecule has 2 unspecified atom stereocenters. The van der Waals surface area contributed by atoms with E-state index in [4.69, 9.17) is 4.74 Å². The third-order valence-electron chi connectivity index (χ3n) is 5.71. The Morgan fingerprint density at radius 1 is 1.10 bits per heavy atom. The van der Waals surface area contributed by atoms with Gasteiger partial charge in [0.25, 0.3) is 5.91 Å². The number of aliphatic imine (C=N–C) groups is 1. The van der Waals surface area contributed by atoms with Crippen molar-refractivity contribution in [3.63, 3.8) is 0 Å². The zero-order valence-corrected chi connectivity index (χ0v) is 18.0. The number of hydrogen-bond donors (Lipinski definition) is 1. The Labute approximate surface area is 178 Å². The minimum absolute atomic E-state index is 0.0704. The molecule has 0 bridgehead atoms. The standard InChI is InChI=1S/C24H30N4O2/c1-17-15-27(16-18(2)30-17)23(29)21-10-8-19(9-11-21)14-26-24(25-3)28-13-12-20-6-4-5-7-22(20)28/h4-11,17-18H,12-16H2,1-3H3,(H,25,26). The van der Waals surface area contributed by atoms with E-state index in [2.05, 4.69) is 39.5 Å². The number of nitrogens with zero attached hydrogens (tertiary/aromatic N) is 3. The number of anilines is 1. The fraction of sp³-hybridized carbons (Fsp3) is 0.417. The zero-order valence-electron chi connectivity index (χ0n) is 18.0. The number of amides is 1. The Hall–Kier alpha value is -2.86. The van der Waals surface area contributed by atoms with E-state index in [0.29, 0.717) is 19.6 Å². The maximum Gasteiger partial charge on any atom is 0.254 e. The highest BCUT2D eigenvalue weighted by molar-refractivity contribution is 5.98. The molecular weight excluding hydrogens is 376 g/mol. The summed E-state index contributed by atoms with van der Waals surface area (Å²) >= 11 is 0. The SMILES string of the molecule is CN=C(NCc1ccc(C(=O)N2CC(C)OC(C)C2)cc1)N1CCc2ccccc21. The summed E-state index contributed by atoms with van der Waals surface area (Å²) in [7, 11) is 1.81. The molecule has 6 nitrogen and oxygen atoms in total. The first-order chi connectivity index (χ1) is 14.5. The van der Waals surface area contributed by atoms with Crippen LogP contribution in [0, 0.1) is 0 Å². The average Bonchev–Trinajstić information content (AvgIpc) is 3.18. The van der Waals surface area contributed by atoms with Crippen LogP contribution in [0.15, 0.2) is 53.5 Å². The second kappa shape index (κ2) is 8.88. The van der Waals surface area contributed by atoms with Gasteiger partial charge in [-0.05, 0) is 49.6 Å². The second-order valence-electron chi connectivity index (χ2n) is 8.10. The quantitative estimate of drug-likeness (QED) is 0.629. The van der Waals surface area contributed by atoms with Crippen molar-refractivity contribution in [3.05, 3.63) is 65.2 Å². The van der Waals surface area contributed by atoms with E-state index in [1.54, 1.807) is 0 Å². The van der Waals surface area contributed by atoms with Gasteiger partial charge in [0.2, 0.25) is 0 Å². The van der Waals surface area contributed by atoms with Crippen LogP contribution in [0.25, 0.3) is 0 Å². The van der Waals surface area contributed by atoms with Crippen molar-refractivity contribution in [2.75, 3.05) is 31.6 Å². The van der Waals surface area contributed by atoms with Crippen molar-refractivity contribution in [3.8, 4) is 0 Å². The van der Waals surface area contributed by atoms with E-state index < -0.39 is 0 Å². The van der Waals surface area contributed by atoms with Crippen molar-refractivity contribution in [2.45, 2.75) is 39.0 Å². The highest BCUT2D eigenvalue weighted by Gasteiger charge is 2.26. The predicted molar refractivity (Wildman–Crippen MR) is 120 cm³/mol. The molecule has 2 aromatic carbocycles. The second-order valence-corrected chi connectivity index (χ2v) is 8.10. The van der Waals surface area contributed by atoms with Gasteiger partial charge in [0.1, 0.15) is 0 Å². The fourth-order valence-electron chi connectivity index (χ4n) is 4.33. The number of hydrogen-bond acceptors (Lipinski definition) is 3. The highest BCUT2D eigenvalue weighted by atomic mass is 16.5. The molecule has 0 saturated carbocycles. The normalized spacial score (nSPS) is 21.5. The summed E-state index contributed by atoms with van der Waals surface area (Å²) in [6, 6.07) is 16.3. The van der Waals surface area contributed by atoms with Gasteiger partial charge in [-0.2, -0.15) is 0 Å². The highest BCUT2D eigenvalue weighted by Crippen LogP contribution is 2.27. The van der Waals surface area contributed by atoms with Crippen LogP contribution >= 0.6 is 0 Å². The third kappa shape index (κ3) is 4.33. The lowest BCUT2D eigenvalue weighted by molar-refractivity contribution is -0.0586. The minimum Gasteiger partial charge on any atom is -0.372 e. The number of carbonyl (C=O) groups is 1. The van der Waals surface area contributed by atoms with Gasteiger partial charge in [-0.25, -0.2) is 0 Å². The summed E-state index contributed by atoms with van der Waals surface area (Å²) in [4.78, 5) is 21.4. The van der Waals surface area contributed by atoms with Crippen LogP contribution in [-0.4, -0.2) is 55.7 Å². The number of morpholine rings is 1. The van der Waals surface area contributed by atoms with Gasteiger partial charge in [0.05, 0.1) is 12.2 Å². The van der Waals surface area contributed by atoms with E-state index in [0.717, 1.165) is 30.1 Å². The summed E-state index contributed by atoms with van der Waals surface area (Å²) in [5.41, 5.74) is 4.41. The maximum absolute atomic E-state index is 12.8. The number of benzene rings is 2. The molecule has 0 aliphatic carbocycles. The van der Waals surface area contributed by atoms with Crippen LogP contribution in [0.2, 0.25) is 0 Å². The van der Waals surface area contributed by atoms with Gasteiger partial charge in [-0.3, -0.25) is 9.79 Å². The van der Waals surface area contributed by atoms with E-state index in [-0.39, 0.29) is 18.1 Å². The molecule has 1 saturated heterocycles. The number of ether oxygens (including phenoxy) is 1. The largest absolute Gasteiger partial charge is 0.372 e. The van der Waals surface area contributed by atoms with Crippen molar-refractivity contribution < 1.29 is 9.53 Å². The van der Waals surface area contributed by atoms with Crippen LogP contribution in [0.4, 0.5) is 5.69 Å². The molecule has 30 heavy (non-hydrogen) atoms. The van der Waals surface area contributed by atoms with Crippen LogP contribution in [-0.2, 0) is 17.7 Å². The number of fused-ring (bicyclic) bond motifs is 1. The molecule has 2 aliphatic rings. The molecule has 0 aromatic heterocycles. The molecule has 0 radical (unpaired) electrons. The Bertz CT molecular complexity index is 915. The Morgan fingerprint density at radius 2 is 1.80 bits per heavy atom. The zero-order chi connectivity index (χ0) is 21.1. The molecule has 1 amide bonds. The smallest absolute Gasteiger partial charge is 0.254 e. The molecule has 1 N–H and O–H groups in total. The summed E-state index contributed by atoms with van der Waals surface area (Å²) < 4.78 is 5.73. The van der Waals surface area contributed by atoms with Gasteiger partial charge in [-0.15, -0.1) is 0 Å². The molecule has 0 spiro atoms. The molecule has 2 aromatic rings. The van der Waals surface area contributed by atoms with Gasteiger partial charge in [-0.1, -0.05) is 30.3 Å². The van der Waals surface area contributed by atoms with E-state index in [1.165, 1.54) is 11.3 Å². The van der Waals surface area contributed by atoms with E-state index in [1.807, 2.05) is 50.1 Å². The van der Waals surface area contributed by atoms with Crippen LogP contribution in [0.1, 0.15) is 35.3 Å². The fourth-order valence-corrected chi connectivity index (χ4v) is 4.33. The first-order valence-electron chi connectivity index (χ1n) is 10.6. The lowest BCUT2D eigenvalue weighted by Gasteiger charge is -2.35. The van der Waals surface area contributed by atoms with Gasteiger partial charge in [0, 0.05) is 44.5 Å². The Morgan fingerprint density at radius 3 is 2.50 bits per heavy atom. The maximum atomic E-state index is 12.8. The summed E-state index contributed by atoms with van der Waals surface area (Å²) in [5.74, 6) is 0.942. The van der Waals surface area contributed by atoms with Crippen LogP contribution in [0.3, 0.4) is 0 Å². The summed E-state index contributed by atoms with van der Waals surface area (Å²) in [6.07, 6.45) is 1.18. The monoisotopic (exact) mass is 406 g/mol. The molecule has 2 aliphatic heterocycles. The Kier molecular flexibility index (Phi) is 6.04. The number of rotatable bonds is 3. The summed E-state index contributed by atoms with van der Waals surface area (Å²) in [5, 5.41) is 3.46. The molecule has 4 rings (SSSR count). The number of guanidine groups is 1. The summed E-state index contributed by atoms with van der Waals surface area (Å²) in [6.45, 7) is 6.89.